The number of anilines is 1. The molecule has 0 saturated carbocycles. The average molecular weight is 247 g/mol. The molecule has 1 aromatic rings. The number of imidazole rings is 1. The molecule has 2 N–H and O–H groups in total. The minimum atomic E-state index is -0.0753. The summed E-state index contributed by atoms with van der Waals surface area (Å²) in [6, 6.07) is 0. The largest absolute Gasteiger partial charge is 0.317 e. The Balaban J connectivity index is 0.00000225. The number of halogens is 1. The van der Waals surface area contributed by atoms with Gasteiger partial charge in [0.25, 0.3) is 0 Å². The van der Waals surface area contributed by atoms with Crippen molar-refractivity contribution in [3.8, 4) is 0 Å². The van der Waals surface area contributed by atoms with Gasteiger partial charge >= 0.3 is 0 Å². The fourth-order valence-electron chi connectivity index (χ4n) is 1.30. The number of hydrogen-bond acceptors (Lipinski definition) is 3. The topological polar surface area (TPSA) is 59.0 Å². The van der Waals surface area contributed by atoms with Crippen LogP contribution in [0.4, 0.5) is 5.95 Å². The molecule has 0 atom stereocenters. The molecule has 0 saturated heterocycles. The van der Waals surface area contributed by atoms with Crippen molar-refractivity contribution in [3.63, 3.8) is 0 Å². The van der Waals surface area contributed by atoms with E-state index in [9.17, 15) is 4.79 Å². The van der Waals surface area contributed by atoms with Crippen molar-refractivity contribution >= 4 is 24.3 Å². The second-order valence-corrected chi connectivity index (χ2v) is 3.88. The molecule has 0 radical (unpaired) electrons. The van der Waals surface area contributed by atoms with E-state index in [0.717, 1.165) is 6.54 Å². The molecule has 16 heavy (non-hydrogen) atoms. The molecule has 0 spiro atoms. The first kappa shape index (κ1) is 14.9. The molecule has 1 aromatic heterocycles. The number of hydrogen-bond donors (Lipinski definition) is 2. The highest BCUT2D eigenvalue weighted by Gasteiger charge is 2.07. The Bertz CT molecular complexity index is 324. The van der Waals surface area contributed by atoms with Crippen molar-refractivity contribution in [2.24, 2.45) is 5.92 Å². The molecule has 0 fully saturated rings. The first-order valence-corrected chi connectivity index (χ1v) is 5.09. The monoisotopic (exact) mass is 246 g/mol. The van der Waals surface area contributed by atoms with Gasteiger partial charge in [-0.15, -0.1) is 12.4 Å². The number of amides is 1. The highest BCUT2D eigenvalue weighted by Crippen LogP contribution is 2.07. The van der Waals surface area contributed by atoms with Crippen LogP contribution >= 0.6 is 12.4 Å². The predicted molar refractivity (Wildman–Crippen MR) is 66.9 cm³/mol. The summed E-state index contributed by atoms with van der Waals surface area (Å²) in [6.45, 7) is 5.40. The summed E-state index contributed by atoms with van der Waals surface area (Å²) in [5.74, 6) is 1.07. The maximum Gasteiger partial charge on any atom is 0.240 e. The summed E-state index contributed by atoms with van der Waals surface area (Å²) in [4.78, 5) is 15.4. The van der Waals surface area contributed by atoms with Gasteiger partial charge in [-0.2, -0.15) is 0 Å². The fraction of sp³-hybridized carbons (Fsp3) is 0.600. The average Bonchev–Trinajstić information content (AvgIpc) is 2.52. The van der Waals surface area contributed by atoms with Gasteiger partial charge < -0.3 is 9.88 Å². The Hall–Kier alpha value is -1.07. The van der Waals surface area contributed by atoms with E-state index in [-0.39, 0.29) is 18.3 Å². The van der Waals surface area contributed by atoms with E-state index in [1.165, 1.54) is 0 Å². The smallest absolute Gasteiger partial charge is 0.240 e. The lowest BCUT2D eigenvalue weighted by atomic mass is 10.2. The quantitative estimate of drug-likeness (QED) is 0.819. The van der Waals surface area contributed by atoms with Gasteiger partial charge in [-0.05, 0) is 13.0 Å². The zero-order chi connectivity index (χ0) is 11.3. The standard InChI is InChI=1S/C10H18N4O.ClH/c1-8(2)7-14-5-4-12-10(14)13-9(15)6-11-3;/h4-5,8,11H,6-7H2,1-3H3,(H,12,13,15);1H. The van der Waals surface area contributed by atoms with Gasteiger partial charge in [-0.3, -0.25) is 10.1 Å². The van der Waals surface area contributed by atoms with Crippen molar-refractivity contribution in [2.75, 3.05) is 18.9 Å². The minimum Gasteiger partial charge on any atom is -0.317 e. The Kier molecular flexibility index (Phi) is 6.76. The van der Waals surface area contributed by atoms with Crippen LogP contribution < -0.4 is 10.6 Å². The summed E-state index contributed by atoms with van der Waals surface area (Å²) < 4.78 is 1.94. The van der Waals surface area contributed by atoms with E-state index in [2.05, 4.69) is 29.5 Å². The molecule has 1 amide bonds. The SMILES string of the molecule is CNCC(=O)Nc1nccn1CC(C)C.Cl. The highest BCUT2D eigenvalue weighted by atomic mass is 35.5. The first-order valence-electron chi connectivity index (χ1n) is 5.09. The van der Waals surface area contributed by atoms with E-state index in [4.69, 9.17) is 0 Å². The molecule has 0 aliphatic carbocycles. The van der Waals surface area contributed by atoms with E-state index < -0.39 is 0 Å². The predicted octanol–water partition coefficient (Wildman–Crippen LogP) is 1.12. The summed E-state index contributed by atoms with van der Waals surface area (Å²) in [7, 11) is 1.74. The lowest BCUT2D eigenvalue weighted by Gasteiger charge is -2.10. The molecule has 0 bridgehead atoms. The molecule has 0 unspecified atom stereocenters. The van der Waals surface area contributed by atoms with Crippen molar-refractivity contribution in [3.05, 3.63) is 12.4 Å². The second-order valence-electron chi connectivity index (χ2n) is 3.88. The molecule has 92 valence electrons. The van der Waals surface area contributed by atoms with Crippen LogP contribution in [0, 0.1) is 5.92 Å². The summed E-state index contributed by atoms with van der Waals surface area (Å²) in [5, 5.41) is 5.54. The first-order chi connectivity index (χ1) is 7.13. The van der Waals surface area contributed by atoms with E-state index in [1.54, 1.807) is 13.2 Å². The zero-order valence-corrected chi connectivity index (χ0v) is 10.7. The third-order valence-corrected chi connectivity index (χ3v) is 1.87. The van der Waals surface area contributed by atoms with Crippen molar-refractivity contribution in [1.82, 2.24) is 14.9 Å². The summed E-state index contributed by atoms with van der Waals surface area (Å²) in [6.07, 6.45) is 3.56. The van der Waals surface area contributed by atoms with Gasteiger partial charge in [-0.25, -0.2) is 4.98 Å². The Morgan fingerprint density at radius 3 is 2.81 bits per heavy atom. The second kappa shape index (κ2) is 7.24. The van der Waals surface area contributed by atoms with Gasteiger partial charge in [0.05, 0.1) is 6.54 Å². The minimum absolute atomic E-state index is 0. The molecule has 1 rings (SSSR count). The molecule has 0 aliphatic heterocycles. The van der Waals surface area contributed by atoms with Crippen LogP contribution in [-0.2, 0) is 11.3 Å². The number of likely N-dealkylation sites (N-methyl/N-ethyl adjacent to an activating group) is 1. The normalized spacial score (nSPS) is 10.0. The van der Waals surface area contributed by atoms with Gasteiger partial charge in [0.15, 0.2) is 0 Å². The summed E-state index contributed by atoms with van der Waals surface area (Å²) >= 11 is 0. The fourth-order valence-corrected chi connectivity index (χ4v) is 1.30. The molecule has 0 aromatic carbocycles. The molecule has 6 heteroatoms. The van der Waals surface area contributed by atoms with Crippen LogP contribution in [0.5, 0.6) is 0 Å². The zero-order valence-electron chi connectivity index (χ0n) is 9.86. The van der Waals surface area contributed by atoms with E-state index >= 15 is 0 Å². The van der Waals surface area contributed by atoms with E-state index in [0.29, 0.717) is 18.4 Å². The van der Waals surface area contributed by atoms with Crippen LogP contribution in [0.25, 0.3) is 0 Å². The van der Waals surface area contributed by atoms with Gasteiger partial charge in [0, 0.05) is 18.9 Å². The van der Waals surface area contributed by atoms with Crippen LogP contribution in [0.1, 0.15) is 13.8 Å². The van der Waals surface area contributed by atoms with E-state index in [1.807, 2.05) is 10.8 Å². The van der Waals surface area contributed by atoms with Crippen molar-refractivity contribution in [2.45, 2.75) is 20.4 Å². The number of carbonyl (C=O) groups is 1. The maximum absolute atomic E-state index is 11.3. The van der Waals surface area contributed by atoms with Gasteiger partial charge in [0.1, 0.15) is 0 Å². The molecule has 0 aliphatic rings. The molecule has 1 heterocycles. The van der Waals surface area contributed by atoms with Crippen LogP contribution in [0.15, 0.2) is 12.4 Å². The van der Waals surface area contributed by atoms with Gasteiger partial charge in [0.2, 0.25) is 11.9 Å². The number of rotatable bonds is 5. The van der Waals surface area contributed by atoms with Crippen LogP contribution in [-0.4, -0.2) is 29.1 Å². The molecular formula is C10H19ClN4O. The Morgan fingerprint density at radius 1 is 1.56 bits per heavy atom. The summed E-state index contributed by atoms with van der Waals surface area (Å²) in [5.41, 5.74) is 0. The maximum atomic E-state index is 11.3. The third kappa shape index (κ3) is 4.63. The lowest BCUT2D eigenvalue weighted by molar-refractivity contribution is -0.115. The van der Waals surface area contributed by atoms with Crippen molar-refractivity contribution < 1.29 is 4.79 Å². The number of nitrogens with one attached hydrogen (secondary N) is 2. The van der Waals surface area contributed by atoms with Crippen LogP contribution in [0.3, 0.4) is 0 Å². The number of aromatic nitrogens is 2. The van der Waals surface area contributed by atoms with Gasteiger partial charge in [-0.1, -0.05) is 13.8 Å². The Morgan fingerprint density at radius 2 is 2.25 bits per heavy atom. The highest BCUT2D eigenvalue weighted by molar-refractivity contribution is 5.90. The lowest BCUT2D eigenvalue weighted by Crippen LogP contribution is -2.26. The number of carbonyl (C=O) groups excluding carboxylic acids is 1. The van der Waals surface area contributed by atoms with Crippen LogP contribution in [0.2, 0.25) is 0 Å². The third-order valence-electron chi connectivity index (χ3n) is 1.87. The number of nitrogens with zero attached hydrogens (tertiary/aromatic N) is 2. The molecule has 5 nitrogen and oxygen atoms in total. The molecular weight excluding hydrogens is 228 g/mol. The van der Waals surface area contributed by atoms with Crippen molar-refractivity contribution in [1.29, 1.82) is 0 Å². The Labute approximate surface area is 102 Å².